The Morgan fingerprint density at radius 1 is 1.45 bits per heavy atom. The molecule has 1 aromatic carbocycles. The quantitative estimate of drug-likeness (QED) is 0.308. The number of Topliss-reactive ketones (excluding diaryl/α,β-unsaturated/α-hetero) is 1. The van der Waals surface area contributed by atoms with E-state index in [0.29, 0.717) is 5.56 Å². The van der Waals surface area contributed by atoms with E-state index in [2.05, 4.69) is 4.99 Å². The van der Waals surface area contributed by atoms with Gasteiger partial charge in [0, 0.05) is 6.42 Å². The van der Waals surface area contributed by atoms with Gasteiger partial charge in [-0.25, -0.2) is 0 Å². The van der Waals surface area contributed by atoms with Gasteiger partial charge >= 0.3 is 18.9 Å². The number of rotatable bonds is 4. The van der Waals surface area contributed by atoms with Crippen LogP contribution in [-0.2, 0) is 14.9 Å². The molecule has 0 fully saturated rings. The van der Waals surface area contributed by atoms with Crippen LogP contribution in [0.25, 0.3) is 0 Å². The minimum Gasteiger partial charge on any atom is -0.861 e. The van der Waals surface area contributed by atoms with Gasteiger partial charge in [0.15, 0.2) is 0 Å². The fourth-order valence-electron chi connectivity index (χ4n) is 1.37. The van der Waals surface area contributed by atoms with Crippen LogP contribution in [0.1, 0.15) is 18.9 Å². The zero-order valence-corrected chi connectivity index (χ0v) is 12.7. The monoisotopic (exact) mass is 311 g/mol. The molecule has 1 N–H and O–H groups in total. The van der Waals surface area contributed by atoms with Crippen LogP contribution in [0.15, 0.2) is 22.0 Å². The van der Waals surface area contributed by atoms with Crippen molar-refractivity contribution in [3.8, 4) is 0 Å². The molecule has 0 aliphatic carbocycles. The Morgan fingerprint density at radius 2 is 2.00 bits per heavy atom. The first-order valence-corrected chi connectivity index (χ1v) is 6.94. The molecule has 0 amide bonds. The van der Waals surface area contributed by atoms with Crippen molar-refractivity contribution < 1.29 is 41.7 Å². The molecule has 0 heterocycles. The van der Waals surface area contributed by atoms with Crippen molar-refractivity contribution in [2.24, 2.45) is 4.99 Å². The third-order valence-electron chi connectivity index (χ3n) is 2.16. The number of nitrogens with zero attached hydrogens (tertiary/aromatic N) is 1. The summed E-state index contributed by atoms with van der Waals surface area (Å²) in [5, 5.41) is 11.3. The maximum atomic E-state index is 11.4. The summed E-state index contributed by atoms with van der Waals surface area (Å²) in [6, 6.07) is 2.13. The first-order valence-electron chi connectivity index (χ1n) is 5.13. The van der Waals surface area contributed by atoms with E-state index >= 15 is 0 Å². The van der Waals surface area contributed by atoms with Gasteiger partial charge in [0.1, 0.15) is 5.78 Å². The Labute approximate surface area is 133 Å². The SMILES string of the molecule is CC(=O)CC([O-])=Nc1c(C)cc(S(=O)(=O)O)cc1Cl.[Li+]. The summed E-state index contributed by atoms with van der Waals surface area (Å²) in [7, 11) is -4.38. The van der Waals surface area contributed by atoms with Crippen molar-refractivity contribution >= 4 is 39.1 Å². The molecule has 6 nitrogen and oxygen atoms in total. The largest absolute Gasteiger partial charge is 1.00 e. The van der Waals surface area contributed by atoms with E-state index in [-0.39, 0.29) is 46.7 Å². The number of ketones is 1. The maximum Gasteiger partial charge on any atom is 1.00 e. The predicted octanol–water partition coefficient (Wildman–Crippen LogP) is -1.73. The topological polar surface area (TPSA) is 107 Å². The van der Waals surface area contributed by atoms with E-state index in [9.17, 15) is 18.3 Å². The van der Waals surface area contributed by atoms with Crippen LogP contribution >= 0.6 is 11.6 Å². The molecule has 0 saturated heterocycles. The van der Waals surface area contributed by atoms with Crippen molar-refractivity contribution in [2.75, 3.05) is 0 Å². The van der Waals surface area contributed by atoms with Gasteiger partial charge in [-0.2, -0.15) is 8.42 Å². The number of aliphatic imine (C=N–C) groups is 1. The van der Waals surface area contributed by atoms with Crippen LogP contribution in [0.4, 0.5) is 5.69 Å². The first-order chi connectivity index (χ1) is 8.61. The molecule has 0 spiro atoms. The summed E-state index contributed by atoms with van der Waals surface area (Å²) in [5.74, 6) is -1.01. The zero-order chi connectivity index (χ0) is 14.8. The fraction of sp³-hybridized carbons (Fsp3) is 0.273. The molecule has 0 bridgehead atoms. The van der Waals surface area contributed by atoms with Gasteiger partial charge in [-0.05, 0) is 37.4 Å². The minimum atomic E-state index is -4.38. The number of halogens is 1. The second-order valence-corrected chi connectivity index (χ2v) is 5.76. The van der Waals surface area contributed by atoms with E-state index in [1.54, 1.807) is 0 Å². The van der Waals surface area contributed by atoms with Crippen molar-refractivity contribution in [1.29, 1.82) is 0 Å². The van der Waals surface area contributed by atoms with Crippen LogP contribution in [0.3, 0.4) is 0 Å². The van der Waals surface area contributed by atoms with Gasteiger partial charge in [0.25, 0.3) is 10.1 Å². The summed E-state index contributed by atoms with van der Waals surface area (Å²) in [5.41, 5.74) is 0.386. The first kappa shape index (κ1) is 19.2. The van der Waals surface area contributed by atoms with Crippen LogP contribution < -0.4 is 24.0 Å². The maximum absolute atomic E-state index is 11.4. The van der Waals surface area contributed by atoms with Crippen LogP contribution in [0, 0.1) is 6.92 Å². The standard InChI is InChI=1S/C11H12ClNO5S.Li/c1-6-3-8(19(16,17)18)5-9(12)11(6)13-10(15)4-7(2)14;/h3,5H,4H2,1-2H3,(H,13,15)(H,16,17,18);/q;+1/p-1. The molecule has 0 aliphatic heterocycles. The fourth-order valence-corrected chi connectivity index (χ4v) is 2.34. The van der Waals surface area contributed by atoms with Gasteiger partial charge < -0.3 is 5.11 Å². The Balaban J connectivity index is 0.00000361. The summed E-state index contributed by atoms with van der Waals surface area (Å²) < 4.78 is 30.8. The second-order valence-electron chi connectivity index (χ2n) is 3.93. The average Bonchev–Trinajstić information content (AvgIpc) is 2.20. The van der Waals surface area contributed by atoms with Crippen molar-refractivity contribution in [3.05, 3.63) is 22.7 Å². The molecule has 0 aromatic heterocycles. The van der Waals surface area contributed by atoms with Gasteiger partial charge in [-0.1, -0.05) is 11.6 Å². The van der Waals surface area contributed by atoms with Gasteiger partial charge in [-0.3, -0.25) is 14.3 Å². The number of benzene rings is 1. The van der Waals surface area contributed by atoms with E-state index in [1.807, 2.05) is 0 Å². The normalized spacial score (nSPS) is 11.9. The molecule has 0 unspecified atom stereocenters. The predicted molar refractivity (Wildman–Crippen MR) is 68.4 cm³/mol. The molecule has 0 aliphatic rings. The Hall–Kier alpha value is -0.843. The second kappa shape index (κ2) is 7.25. The minimum absolute atomic E-state index is 0. The molecule has 20 heavy (non-hydrogen) atoms. The van der Waals surface area contributed by atoms with Crippen molar-refractivity contribution in [1.82, 2.24) is 0 Å². The smallest absolute Gasteiger partial charge is 0.861 e. The van der Waals surface area contributed by atoms with E-state index in [1.165, 1.54) is 13.8 Å². The van der Waals surface area contributed by atoms with Crippen LogP contribution in [-0.4, -0.2) is 24.7 Å². The number of carbonyl (C=O) groups is 1. The third kappa shape index (κ3) is 5.27. The summed E-state index contributed by atoms with van der Waals surface area (Å²) in [6.45, 7) is 2.74. The van der Waals surface area contributed by atoms with Crippen molar-refractivity contribution in [3.63, 3.8) is 0 Å². The number of hydrogen-bond donors (Lipinski definition) is 1. The summed E-state index contributed by atoms with van der Waals surface area (Å²) in [6.07, 6.45) is -0.351. The molecule has 0 atom stereocenters. The summed E-state index contributed by atoms with van der Waals surface area (Å²) in [4.78, 5) is 14.0. The molecule has 0 radical (unpaired) electrons. The molecular weight excluding hydrogens is 301 g/mol. The van der Waals surface area contributed by atoms with Gasteiger partial charge in [0.2, 0.25) is 0 Å². The van der Waals surface area contributed by atoms with E-state index in [0.717, 1.165) is 12.1 Å². The molecule has 1 aromatic rings. The average molecular weight is 312 g/mol. The van der Waals surface area contributed by atoms with Crippen LogP contribution in [0.2, 0.25) is 5.02 Å². The van der Waals surface area contributed by atoms with Gasteiger partial charge in [0.05, 0.1) is 15.6 Å². The van der Waals surface area contributed by atoms with Gasteiger partial charge in [-0.15, -0.1) is 0 Å². The number of aryl methyl sites for hydroxylation is 1. The van der Waals surface area contributed by atoms with E-state index in [4.69, 9.17) is 16.2 Å². The Kier molecular flexibility index (Phi) is 6.94. The number of carbonyl (C=O) groups excluding carboxylic acids is 1. The molecule has 0 saturated carbocycles. The third-order valence-corrected chi connectivity index (χ3v) is 3.28. The van der Waals surface area contributed by atoms with Crippen LogP contribution in [0.5, 0.6) is 0 Å². The number of hydrogen-bond acceptors (Lipinski definition) is 5. The molecule has 1 rings (SSSR count). The Bertz CT molecular complexity index is 634. The molecule has 104 valence electrons. The summed E-state index contributed by atoms with van der Waals surface area (Å²) >= 11 is 5.81. The Morgan fingerprint density at radius 3 is 2.40 bits per heavy atom. The van der Waals surface area contributed by atoms with E-state index < -0.39 is 16.0 Å². The molecule has 9 heteroatoms. The zero-order valence-electron chi connectivity index (χ0n) is 11.2. The molecular formula is C11H11ClLiNO5S. The van der Waals surface area contributed by atoms with Crippen molar-refractivity contribution in [2.45, 2.75) is 25.2 Å².